The number of nitrogens with zero attached hydrogens (tertiary/aromatic N) is 2. The first-order valence-corrected chi connectivity index (χ1v) is 7.22. The topological polar surface area (TPSA) is 58.4 Å². The maximum Gasteiger partial charge on any atom is 0.276 e. The lowest BCUT2D eigenvalue weighted by molar-refractivity contribution is 0.0627. The predicted molar refractivity (Wildman–Crippen MR) is 86.6 cm³/mol. The number of hydrogen-bond donors (Lipinski definition) is 1. The predicted octanol–water partition coefficient (Wildman–Crippen LogP) is 2.84. The average molecular weight is 342 g/mol. The Morgan fingerprint density at radius 1 is 1.45 bits per heavy atom. The van der Waals surface area contributed by atoms with E-state index in [0.29, 0.717) is 29.6 Å². The third kappa shape index (κ3) is 3.11. The number of carbonyl (C=O) groups excluding carboxylic acids is 1. The Morgan fingerprint density at radius 3 is 2.91 bits per heavy atom. The van der Waals surface area contributed by atoms with Crippen LogP contribution in [0.2, 0.25) is 5.02 Å². The number of benzene rings is 1. The lowest BCUT2D eigenvalue weighted by Crippen LogP contribution is -2.49. The third-order valence-corrected chi connectivity index (χ3v) is 4.06. The monoisotopic (exact) mass is 341 g/mol. The second-order valence-electron chi connectivity index (χ2n) is 5.00. The van der Waals surface area contributed by atoms with Crippen molar-refractivity contribution in [3.05, 3.63) is 52.7 Å². The molecule has 1 atom stereocenters. The Morgan fingerprint density at radius 2 is 2.23 bits per heavy atom. The first-order chi connectivity index (χ1) is 10.2. The minimum Gasteiger partial charge on any atom is -0.448 e. The highest BCUT2D eigenvalue weighted by atomic mass is 35.5. The van der Waals surface area contributed by atoms with E-state index >= 15 is 0 Å². The molecular formula is C15H17Cl2N3O2. The number of rotatable bonds is 2. The van der Waals surface area contributed by atoms with Gasteiger partial charge in [0.1, 0.15) is 5.76 Å². The summed E-state index contributed by atoms with van der Waals surface area (Å²) in [6.07, 6.45) is 1.30. The normalized spacial score (nSPS) is 17.9. The smallest absolute Gasteiger partial charge is 0.276 e. The van der Waals surface area contributed by atoms with Crippen LogP contribution in [0.5, 0.6) is 0 Å². The van der Waals surface area contributed by atoms with Crippen LogP contribution in [-0.4, -0.2) is 35.4 Å². The van der Waals surface area contributed by atoms with E-state index in [0.717, 1.165) is 12.1 Å². The molecule has 1 aromatic carbocycles. The first kappa shape index (κ1) is 16.8. The molecule has 22 heavy (non-hydrogen) atoms. The Balaban J connectivity index is 0.00000176. The van der Waals surface area contributed by atoms with Crippen LogP contribution in [0, 0.1) is 6.92 Å². The molecule has 2 heterocycles. The summed E-state index contributed by atoms with van der Waals surface area (Å²) in [5.74, 6) is 0.420. The summed E-state index contributed by atoms with van der Waals surface area (Å²) in [5.41, 5.74) is 1.31. The number of nitrogens with one attached hydrogen (secondary N) is 1. The summed E-state index contributed by atoms with van der Waals surface area (Å²) in [5, 5.41) is 3.98. The van der Waals surface area contributed by atoms with E-state index in [4.69, 9.17) is 16.0 Å². The minimum atomic E-state index is -0.118. The number of halogens is 2. The Bertz CT molecular complexity index is 660. The first-order valence-electron chi connectivity index (χ1n) is 6.84. The zero-order chi connectivity index (χ0) is 14.8. The van der Waals surface area contributed by atoms with Gasteiger partial charge in [-0.15, -0.1) is 12.4 Å². The Hall–Kier alpha value is -1.56. The molecule has 5 nitrogen and oxygen atoms in total. The van der Waals surface area contributed by atoms with Gasteiger partial charge >= 0.3 is 0 Å². The van der Waals surface area contributed by atoms with E-state index in [9.17, 15) is 4.79 Å². The molecule has 1 aromatic heterocycles. The van der Waals surface area contributed by atoms with Crippen molar-refractivity contribution in [2.45, 2.75) is 13.0 Å². The van der Waals surface area contributed by atoms with Crippen molar-refractivity contribution in [1.29, 1.82) is 0 Å². The minimum absolute atomic E-state index is 0. The highest BCUT2D eigenvalue weighted by Gasteiger charge is 2.31. The van der Waals surface area contributed by atoms with Crippen LogP contribution in [0.1, 0.15) is 27.9 Å². The number of oxazole rings is 1. The number of aryl methyl sites for hydroxylation is 1. The molecule has 2 aromatic rings. The number of aromatic nitrogens is 1. The third-order valence-electron chi connectivity index (χ3n) is 3.72. The van der Waals surface area contributed by atoms with Crippen LogP contribution < -0.4 is 5.32 Å². The summed E-state index contributed by atoms with van der Waals surface area (Å²) in [6.45, 7) is 3.78. The molecule has 0 bridgehead atoms. The van der Waals surface area contributed by atoms with Crippen molar-refractivity contribution in [3.8, 4) is 0 Å². The lowest BCUT2D eigenvalue weighted by atomic mass is 10.0. The van der Waals surface area contributed by atoms with E-state index in [2.05, 4.69) is 10.3 Å². The molecule has 118 valence electrons. The van der Waals surface area contributed by atoms with Gasteiger partial charge < -0.3 is 14.6 Å². The molecule has 1 amide bonds. The van der Waals surface area contributed by atoms with Crippen molar-refractivity contribution < 1.29 is 9.21 Å². The van der Waals surface area contributed by atoms with Crippen molar-refractivity contribution in [2.24, 2.45) is 0 Å². The molecule has 7 heteroatoms. The number of hydrogen-bond acceptors (Lipinski definition) is 4. The highest BCUT2D eigenvalue weighted by molar-refractivity contribution is 6.31. The zero-order valence-electron chi connectivity index (χ0n) is 12.1. The fourth-order valence-corrected chi connectivity index (χ4v) is 2.88. The molecule has 0 radical (unpaired) electrons. The van der Waals surface area contributed by atoms with Crippen molar-refractivity contribution in [1.82, 2.24) is 15.2 Å². The highest BCUT2D eigenvalue weighted by Crippen LogP contribution is 2.29. The fourth-order valence-electron chi connectivity index (χ4n) is 2.62. The van der Waals surface area contributed by atoms with Crippen LogP contribution in [0.25, 0.3) is 0 Å². The van der Waals surface area contributed by atoms with E-state index in [-0.39, 0.29) is 24.4 Å². The maximum absolute atomic E-state index is 12.7. The molecule has 1 fully saturated rings. The van der Waals surface area contributed by atoms with E-state index in [1.807, 2.05) is 29.2 Å². The summed E-state index contributed by atoms with van der Waals surface area (Å²) in [4.78, 5) is 18.5. The van der Waals surface area contributed by atoms with Gasteiger partial charge in [-0.25, -0.2) is 4.98 Å². The van der Waals surface area contributed by atoms with Crippen LogP contribution in [-0.2, 0) is 0 Å². The average Bonchev–Trinajstić information content (AvgIpc) is 2.93. The number of amides is 1. The second-order valence-corrected chi connectivity index (χ2v) is 5.40. The molecule has 0 spiro atoms. The molecule has 1 aliphatic heterocycles. The van der Waals surface area contributed by atoms with Gasteiger partial charge in [0.15, 0.2) is 12.1 Å². The maximum atomic E-state index is 12.7. The van der Waals surface area contributed by atoms with Crippen LogP contribution in [0.3, 0.4) is 0 Å². The summed E-state index contributed by atoms with van der Waals surface area (Å²) < 4.78 is 5.14. The van der Waals surface area contributed by atoms with Crippen LogP contribution in [0.4, 0.5) is 0 Å². The van der Waals surface area contributed by atoms with Crippen LogP contribution >= 0.6 is 24.0 Å². The number of carbonyl (C=O) groups is 1. The SMILES string of the molecule is Cc1ocnc1C(=O)N1CCNCC1c1ccccc1Cl.Cl. The Labute approximate surface area is 140 Å². The van der Waals surface area contributed by atoms with E-state index in [1.165, 1.54) is 6.39 Å². The summed E-state index contributed by atoms with van der Waals surface area (Å²) in [6, 6.07) is 7.51. The van der Waals surface area contributed by atoms with Crippen molar-refractivity contribution in [3.63, 3.8) is 0 Å². The molecule has 0 aliphatic carbocycles. The molecule has 1 unspecified atom stereocenters. The van der Waals surface area contributed by atoms with Gasteiger partial charge in [-0.3, -0.25) is 4.79 Å². The number of piperazine rings is 1. The van der Waals surface area contributed by atoms with Gasteiger partial charge in [-0.1, -0.05) is 29.8 Å². The molecule has 1 saturated heterocycles. The van der Waals surface area contributed by atoms with E-state index in [1.54, 1.807) is 6.92 Å². The van der Waals surface area contributed by atoms with Gasteiger partial charge in [-0.2, -0.15) is 0 Å². The molecular weight excluding hydrogens is 325 g/mol. The van der Waals surface area contributed by atoms with Crippen LogP contribution in [0.15, 0.2) is 35.1 Å². The van der Waals surface area contributed by atoms with Gasteiger partial charge in [0, 0.05) is 24.7 Å². The van der Waals surface area contributed by atoms with E-state index < -0.39 is 0 Å². The second kappa shape index (κ2) is 7.13. The Kier molecular flexibility index (Phi) is 5.45. The van der Waals surface area contributed by atoms with Gasteiger partial charge in [0.2, 0.25) is 0 Å². The summed E-state index contributed by atoms with van der Waals surface area (Å²) in [7, 11) is 0. The van der Waals surface area contributed by atoms with Gasteiger partial charge in [-0.05, 0) is 18.6 Å². The van der Waals surface area contributed by atoms with Gasteiger partial charge in [0.25, 0.3) is 5.91 Å². The summed E-state index contributed by atoms with van der Waals surface area (Å²) >= 11 is 6.28. The zero-order valence-corrected chi connectivity index (χ0v) is 13.7. The van der Waals surface area contributed by atoms with Crippen molar-refractivity contribution in [2.75, 3.05) is 19.6 Å². The van der Waals surface area contributed by atoms with Gasteiger partial charge in [0.05, 0.1) is 6.04 Å². The fraction of sp³-hybridized carbons (Fsp3) is 0.333. The quantitative estimate of drug-likeness (QED) is 0.912. The lowest BCUT2D eigenvalue weighted by Gasteiger charge is -2.36. The standard InChI is InChI=1S/C15H16ClN3O2.ClH/c1-10-14(18-9-21-10)15(20)19-7-6-17-8-13(19)11-4-2-3-5-12(11)16;/h2-5,9,13,17H,6-8H2,1H3;1H. The molecule has 0 saturated carbocycles. The molecule has 1 aliphatic rings. The molecule has 1 N–H and O–H groups in total. The molecule has 3 rings (SSSR count). The largest absolute Gasteiger partial charge is 0.448 e. The van der Waals surface area contributed by atoms with Crippen molar-refractivity contribution >= 4 is 29.9 Å².